The molecule has 0 radical (unpaired) electrons. The van der Waals surface area contributed by atoms with E-state index in [1.54, 1.807) is 14.2 Å². The van der Waals surface area contributed by atoms with Gasteiger partial charge in [0.25, 0.3) is 0 Å². The van der Waals surface area contributed by atoms with Crippen LogP contribution in [0, 0.1) is 5.92 Å². The molecule has 104 valence electrons. The molecule has 5 nitrogen and oxygen atoms in total. The van der Waals surface area contributed by atoms with Gasteiger partial charge in [-0.15, -0.1) is 0 Å². The van der Waals surface area contributed by atoms with E-state index < -0.39 is 11.9 Å². The van der Waals surface area contributed by atoms with Gasteiger partial charge in [0.2, 0.25) is 5.91 Å². The fourth-order valence-electron chi connectivity index (χ4n) is 1.60. The number of hydrogen-bond acceptors (Lipinski definition) is 3. The molecule has 0 aromatic heterocycles. The van der Waals surface area contributed by atoms with Crippen molar-refractivity contribution in [2.24, 2.45) is 5.92 Å². The van der Waals surface area contributed by atoms with Crippen LogP contribution in [0.1, 0.15) is 18.9 Å². The second kappa shape index (κ2) is 6.78. The van der Waals surface area contributed by atoms with Crippen molar-refractivity contribution in [3.05, 3.63) is 29.8 Å². The molecule has 1 amide bonds. The number of hydrogen-bond donors (Lipinski definition) is 1. The zero-order valence-corrected chi connectivity index (χ0v) is 11.4. The quantitative estimate of drug-likeness (QED) is 0.851. The summed E-state index contributed by atoms with van der Waals surface area (Å²) in [5.74, 6) is -1.03. The van der Waals surface area contributed by atoms with Crippen LogP contribution in [-0.2, 0) is 16.1 Å². The van der Waals surface area contributed by atoms with Crippen LogP contribution >= 0.6 is 0 Å². The van der Waals surface area contributed by atoms with Crippen LogP contribution in [0.4, 0.5) is 0 Å². The maximum absolute atomic E-state index is 11.8. The summed E-state index contributed by atoms with van der Waals surface area (Å²) in [6.45, 7) is 1.98. The average molecular weight is 265 g/mol. The molecule has 0 fully saturated rings. The molecule has 0 aliphatic rings. The summed E-state index contributed by atoms with van der Waals surface area (Å²) in [6.07, 6.45) is 0.0159. The van der Waals surface area contributed by atoms with Gasteiger partial charge in [-0.1, -0.05) is 19.1 Å². The first kappa shape index (κ1) is 15.0. The van der Waals surface area contributed by atoms with Crippen LogP contribution in [0.15, 0.2) is 24.3 Å². The van der Waals surface area contributed by atoms with Crippen molar-refractivity contribution < 1.29 is 19.4 Å². The molecule has 1 aromatic carbocycles. The Kier molecular flexibility index (Phi) is 5.36. The number of benzene rings is 1. The monoisotopic (exact) mass is 265 g/mol. The average Bonchev–Trinajstić information content (AvgIpc) is 2.39. The highest BCUT2D eigenvalue weighted by atomic mass is 16.5. The standard InChI is InChI=1S/C14H19NO4/c1-10(14(17)18)8-13(16)15(2)9-11-4-6-12(19-3)7-5-11/h4-7,10H,8-9H2,1-3H3,(H,17,18). The van der Waals surface area contributed by atoms with Crippen LogP contribution in [0.25, 0.3) is 0 Å². The second-order valence-corrected chi connectivity index (χ2v) is 4.54. The third kappa shape index (κ3) is 4.62. The molecule has 0 bridgehead atoms. The van der Waals surface area contributed by atoms with Gasteiger partial charge in [0.05, 0.1) is 13.0 Å². The van der Waals surface area contributed by atoms with Gasteiger partial charge in [0.1, 0.15) is 5.75 Å². The van der Waals surface area contributed by atoms with Gasteiger partial charge >= 0.3 is 5.97 Å². The number of carbonyl (C=O) groups is 2. The van der Waals surface area contributed by atoms with Gasteiger partial charge in [-0.05, 0) is 17.7 Å². The number of methoxy groups -OCH3 is 1. The van der Waals surface area contributed by atoms with Crippen molar-refractivity contribution in [3.63, 3.8) is 0 Å². The third-order valence-electron chi connectivity index (χ3n) is 2.91. The first-order chi connectivity index (χ1) is 8.93. The van der Waals surface area contributed by atoms with E-state index in [0.29, 0.717) is 6.54 Å². The van der Waals surface area contributed by atoms with Crippen molar-refractivity contribution in [2.75, 3.05) is 14.2 Å². The number of nitrogens with zero attached hydrogens (tertiary/aromatic N) is 1. The van der Waals surface area contributed by atoms with Gasteiger partial charge in [-0.25, -0.2) is 0 Å². The van der Waals surface area contributed by atoms with Gasteiger partial charge in [0.15, 0.2) is 0 Å². The molecular weight excluding hydrogens is 246 g/mol. The van der Waals surface area contributed by atoms with Crippen LogP contribution in [0.2, 0.25) is 0 Å². The summed E-state index contributed by atoms with van der Waals surface area (Å²) in [7, 11) is 3.26. The van der Waals surface area contributed by atoms with E-state index in [-0.39, 0.29) is 12.3 Å². The largest absolute Gasteiger partial charge is 0.497 e. The zero-order valence-electron chi connectivity index (χ0n) is 11.4. The molecule has 1 N–H and O–H groups in total. The number of carboxylic acid groups (broad SMARTS) is 1. The number of ether oxygens (including phenoxy) is 1. The van der Waals surface area contributed by atoms with E-state index in [1.807, 2.05) is 24.3 Å². The van der Waals surface area contributed by atoms with Crippen molar-refractivity contribution in [1.29, 1.82) is 0 Å². The molecule has 1 aromatic rings. The van der Waals surface area contributed by atoms with Gasteiger partial charge in [0, 0.05) is 20.0 Å². The zero-order chi connectivity index (χ0) is 14.4. The highest BCUT2D eigenvalue weighted by Crippen LogP contribution is 2.13. The minimum atomic E-state index is -0.953. The molecule has 0 saturated heterocycles. The van der Waals surface area contributed by atoms with E-state index in [1.165, 1.54) is 11.8 Å². The van der Waals surface area contributed by atoms with Crippen molar-refractivity contribution >= 4 is 11.9 Å². The topological polar surface area (TPSA) is 66.8 Å². The van der Waals surface area contributed by atoms with Crippen LogP contribution in [-0.4, -0.2) is 36.0 Å². The molecule has 1 unspecified atom stereocenters. The van der Waals surface area contributed by atoms with E-state index >= 15 is 0 Å². The summed E-state index contributed by atoms with van der Waals surface area (Å²) in [5, 5.41) is 8.78. The Labute approximate surface area is 112 Å². The van der Waals surface area contributed by atoms with E-state index in [4.69, 9.17) is 9.84 Å². The number of amides is 1. The lowest BCUT2D eigenvalue weighted by Crippen LogP contribution is -2.29. The van der Waals surface area contributed by atoms with Crippen LogP contribution < -0.4 is 4.74 Å². The van der Waals surface area contributed by atoms with Gasteiger partial charge in [-0.2, -0.15) is 0 Å². The molecular formula is C14H19NO4. The van der Waals surface area contributed by atoms with Crippen LogP contribution in [0.3, 0.4) is 0 Å². The molecule has 19 heavy (non-hydrogen) atoms. The molecule has 5 heteroatoms. The molecule has 0 aliphatic carbocycles. The normalized spacial score (nSPS) is 11.7. The summed E-state index contributed by atoms with van der Waals surface area (Å²) in [6, 6.07) is 7.41. The number of carboxylic acids is 1. The highest BCUT2D eigenvalue weighted by molar-refractivity contribution is 5.81. The Morgan fingerprint density at radius 1 is 1.32 bits per heavy atom. The fraction of sp³-hybridized carbons (Fsp3) is 0.429. The van der Waals surface area contributed by atoms with Crippen molar-refractivity contribution in [1.82, 2.24) is 4.90 Å². The minimum absolute atomic E-state index is 0.0159. The number of rotatable bonds is 6. The third-order valence-corrected chi connectivity index (χ3v) is 2.91. The second-order valence-electron chi connectivity index (χ2n) is 4.54. The molecule has 0 saturated carbocycles. The highest BCUT2D eigenvalue weighted by Gasteiger charge is 2.18. The maximum atomic E-state index is 11.8. The predicted molar refractivity (Wildman–Crippen MR) is 70.9 cm³/mol. The lowest BCUT2D eigenvalue weighted by atomic mass is 10.1. The molecule has 1 atom stereocenters. The van der Waals surface area contributed by atoms with E-state index in [0.717, 1.165) is 11.3 Å². The lowest BCUT2D eigenvalue weighted by molar-refractivity contribution is -0.145. The fourth-order valence-corrected chi connectivity index (χ4v) is 1.60. The maximum Gasteiger partial charge on any atom is 0.306 e. The Bertz CT molecular complexity index is 441. The summed E-state index contributed by atoms with van der Waals surface area (Å²) in [4.78, 5) is 24.1. The number of aliphatic carboxylic acids is 1. The first-order valence-corrected chi connectivity index (χ1v) is 6.03. The van der Waals surface area contributed by atoms with Gasteiger partial charge in [-0.3, -0.25) is 9.59 Å². The molecule has 1 rings (SSSR count). The Hall–Kier alpha value is -2.04. The first-order valence-electron chi connectivity index (χ1n) is 6.03. The smallest absolute Gasteiger partial charge is 0.306 e. The van der Waals surface area contributed by atoms with E-state index in [9.17, 15) is 9.59 Å². The predicted octanol–water partition coefficient (Wildman–Crippen LogP) is 1.76. The SMILES string of the molecule is COc1ccc(CN(C)C(=O)CC(C)C(=O)O)cc1. The Morgan fingerprint density at radius 2 is 1.89 bits per heavy atom. The summed E-state index contributed by atoms with van der Waals surface area (Å²) < 4.78 is 5.05. The minimum Gasteiger partial charge on any atom is -0.497 e. The summed E-state index contributed by atoms with van der Waals surface area (Å²) >= 11 is 0. The van der Waals surface area contributed by atoms with E-state index in [2.05, 4.69) is 0 Å². The van der Waals surface area contributed by atoms with Crippen molar-refractivity contribution in [2.45, 2.75) is 19.9 Å². The van der Waals surface area contributed by atoms with Crippen LogP contribution in [0.5, 0.6) is 5.75 Å². The molecule has 0 heterocycles. The molecule has 0 aliphatic heterocycles. The summed E-state index contributed by atoms with van der Waals surface area (Å²) in [5.41, 5.74) is 0.972. The lowest BCUT2D eigenvalue weighted by Gasteiger charge is -2.18. The van der Waals surface area contributed by atoms with Gasteiger partial charge < -0.3 is 14.7 Å². The Morgan fingerprint density at radius 3 is 2.37 bits per heavy atom. The Balaban J connectivity index is 2.55. The number of carbonyl (C=O) groups excluding carboxylic acids is 1. The molecule has 0 spiro atoms. The van der Waals surface area contributed by atoms with Crippen molar-refractivity contribution in [3.8, 4) is 5.75 Å².